The molecule has 0 unspecified atom stereocenters. The van der Waals surface area contributed by atoms with Crippen LogP contribution in [0.4, 0.5) is 5.69 Å². The van der Waals surface area contributed by atoms with Crippen LogP contribution in [0.1, 0.15) is 0 Å². The van der Waals surface area contributed by atoms with Gasteiger partial charge in [-0.1, -0.05) is 28.1 Å². The summed E-state index contributed by atoms with van der Waals surface area (Å²) in [5.74, 6) is 0.0338. The molecule has 0 aliphatic carbocycles. The molecule has 0 bridgehead atoms. The van der Waals surface area contributed by atoms with Gasteiger partial charge >= 0.3 is 0 Å². The zero-order valence-electron chi connectivity index (χ0n) is 10.5. The lowest BCUT2D eigenvalue weighted by Crippen LogP contribution is -2.13. The molecule has 0 atom stereocenters. The number of rotatable bonds is 4. The molecular weight excluding hydrogens is 346 g/mol. The first-order chi connectivity index (χ1) is 9.44. The van der Waals surface area contributed by atoms with Crippen LogP contribution in [0.5, 0.6) is 11.5 Å². The molecule has 2 rings (SSSR count). The molecule has 0 saturated heterocycles. The van der Waals surface area contributed by atoms with Crippen LogP contribution in [0.3, 0.4) is 0 Å². The molecule has 0 aliphatic heterocycles. The van der Waals surface area contributed by atoms with Gasteiger partial charge in [-0.15, -0.1) is 0 Å². The lowest BCUT2D eigenvalue weighted by Gasteiger charge is -2.13. The van der Waals surface area contributed by atoms with E-state index in [1.165, 1.54) is 25.3 Å². The molecule has 106 valence electrons. The van der Waals surface area contributed by atoms with Crippen LogP contribution in [0.25, 0.3) is 0 Å². The molecule has 0 spiro atoms. The number of benzene rings is 2. The smallest absolute Gasteiger partial charge is 0.262 e. The third-order valence-electron chi connectivity index (χ3n) is 2.57. The SMILES string of the molecule is COc1cccc(O)c1NS(=O)(=O)c1cccc(Br)c1. The van der Waals surface area contributed by atoms with Gasteiger partial charge in [0.25, 0.3) is 10.0 Å². The lowest BCUT2D eigenvalue weighted by molar-refractivity contribution is 0.411. The summed E-state index contributed by atoms with van der Waals surface area (Å²) in [4.78, 5) is 0.0807. The Labute approximate surface area is 125 Å². The van der Waals surface area contributed by atoms with Gasteiger partial charge in [0.15, 0.2) is 0 Å². The van der Waals surface area contributed by atoms with Gasteiger partial charge < -0.3 is 9.84 Å². The summed E-state index contributed by atoms with van der Waals surface area (Å²) in [7, 11) is -2.42. The van der Waals surface area contributed by atoms with Gasteiger partial charge in [-0.3, -0.25) is 4.72 Å². The maximum atomic E-state index is 12.3. The highest BCUT2D eigenvalue weighted by Crippen LogP contribution is 2.35. The van der Waals surface area contributed by atoms with Crippen LogP contribution >= 0.6 is 15.9 Å². The first-order valence-electron chi connectivity index (χ1n) is 5.58. The zero-order chi connectivity index (χ0) is 14.8. The van der Waals surface area contributed by atoms with E-state index >= 15 is 0 Å². The fraction of sp³-hybridized carbons (Fsp3) is 0.0769. The van der Waals surface area contributed by atoms with E-state index in [0.29, 0.717) is 4.47 Å². The number of methoxy groups -OCH3 is 1. The third-order valence-corrected chi connectivity index (χ3v) is 4.41. The minimum Gasteiger partial charge on any atom is -0.506 e. The predicted octanol–water partition coefficient (Wildman–Crippen LogP) is 2.96. The van der Waals surface area contributed by atoms with Gasteiger partial charge in [0.1, 0.15) is 17.2 Å². The molecule has 0 aromatic heterocycles. The second-order valence-electron chi connectivity index (χ2n) is 3.92. The Morgan fingerprint density at radius 3 is 2.55 bits per heavy atom. The summed E-state index contributed by atoms with van der Waals surface area (Å²) in [6.07, 6.45) is 0. The predicted molar refractivity (Wildman–Crippen MR) is 79.6 cm³/mol. The highest BCUT2D eigenvalue weighted by atomic mass is 79.9. The molecule has 0 radical (unpaired) electrons. The van der Waals surface area contributed by atoms with Crippen molar-refractivity contribution in [2.75, 3.05) is 11.8 Å². The zero-order valence-corrected chi connectivity index (χ0v) is 12.9. The van der Waals surface area contributed by atoms with Crippen molar-refractivity contribution in [2.24, 2.45) is 0 Å². The molecule has 0 saturated carbocycles. The Morgan fingerprint density at radius 2 is 1.90 bits per heavy atom. The third kappa shape index (κ3) is 3.05. The number of nitrogens with one attached hydrogen (secondary N) is 1. The minimum absolute atomic E-state index is 0.00924. The summed E-state index contributed by atoms with van der Waals surface area (Å²) >= 11 is 3.22. The van der Waals surface area contributed by atoms with E-state index in [4.69, 9.17) is 4.74 Å². The highest BCUT2D eigenvalue weighted by Gasteiger charge is 2.19. The van der Waals surface area contributed by atoms with Crippen molar-refractivity contribution < 1.29 is 18.3 Å². The summed E-state index contributed by atoms with van der Waals surface area (Å²) in [6.45, 7) is 0. The van der Waals surface area contributed by atoms with Crippen LogP contribution in [-0.2, 0) is 10.0 Å². The van der Waals surface area contributed by atoms with Gasteiger partial charge in [0, 0.05) is 4.47 Å². The van der Waals surface area contributed by atoms with Gasteiger partial charge in [0.05, 0.1) is 12.0 Å². The van der Waals surface area contributed by atoms with Crippen LogP contribution in [0.15, 0.2) is 51.8 Å². The number of phenolic OH excluding ortho intramolecular Hbond substituents is 1. The normalized spacial score (nSPS) is 11.1. The Balaban J connectivity index is 2.44. The Hall–Kier alpha value is -1.73. The molecule has 0 aliphatic rings. The van der Waals surface area contributed by atoms with Crippen molar-refractivity contribution >= 4 is 31.6 Å². The number of para-hydroxylation sites is 1. The van der Waals surface area contributed by atoms with Gasteiger partial charge in [-0.25, -0.2) is 8.42 Å². The first kappa shape index (κ1) is 14.7. The highest BCUT2D eigenvalue weighted by molar-refractivity contribution is 9.10. The molecule has 0 heterocycles. The van der Waals surface area contributed by atoms with E-state index in [0.717, 1.165) is 0 Å². The molecule has 2 aromatic rings. The number of hydrogen-bond donors (Lipinski definition) is 2. The molecule has 0 fully saturated rings. The number of hydrogen-bond acceptors (Lipinski definition) is 4. The summed E-state index contributed by atoms with van der Waals surface area (Å²) in [5, 5.41) is 9.77. The lowest BCUT2D eigenvalue weighted by atomic mass is 10.3. The summed E-state index contributed by atoms with van der Waals surface area (Å²) < 4.78 is 32.6. The number of phenols is 1. The van der Waals surface area contributed by atoms with Crippen LogP contribution < -0.4 is 9.46 Å². The number of ether oxygens (including phenoxy) is 1. The van der Waals surface area contributed by atoms with Crippen molar-refractivity contribution in [2.45, 2.75) is 4.90 Å². The van der Waals surface area contributed by atoms with Crippen LogP contribution in [0, 0.1) is 0 Å². The summed E-state index contributed by atoms with van der Waals surface area (Å²) in [6, 6.07) is 10.7. The maximum Gasteiger partial charge on any atom is 0.262 e. The van der Waals surface area contributed by atoms with Crippen molar-refractivity contribution in [1.29, 1.82) is 0 Å². The molecule has 2 aromatic carbocycles. The number of aromatic hydroxyl groups is 1. The fourth-order valence-electron chi connectivity index (χ4n) is 1.62. The largest absolute Gasteiger partial charge is 0.506 e. The average molecular weight is 358 g/mol. The van der Waals surface area contributed by atoms with Gasteiger partial charge in [-0.05, 0) is 30.3 Å². The number of sulfonamides is 1. The number of halogens is 1. The van der Waals surface area contributed by atoms with E-state index in [1.807, 2.05) is 0 Å². The average Bonchev–Trinajstić information content (AvgIpc) is 2.41. The van der Waals surface area contributed by atoms with Crippen molar-refractivity contribution in [3.63, 3.8) is 0 Å². The minimum atomic E-state index is -3.81. The van der Waals surface area contributed by atoms with Crippen molar-refractivity contribution in [3.8, 4) is 11.5 Å². The molecule has 5 nitrogen and oxygen atoms in total. The molecule has 2 N–H and O–H groups in total. The van der Waals surface area contributed by atoms with Gasteiger partial charge in [-0.2, -0.15) is 0 Å². The molecule has 7 heteroatoms. The topological polar surface area (TPSA) is 75.6 Å². The molecule has 0 amide bonds. The fourth-order valence-corrected chi connectivity index (χ4v) is 3.30. The standard InChI is InChI=1S/C13H12BrNO4S/c1-19-12-7-3-6-11(16)13(12)15-20(17,18)10-5-2-4-9(14)8-10/h2-8,15-16H,1H3. The molecular formula is C13H12BrNO4S. The van der Waals surface area contributed by atoms with Crippen molar-refractivity contribution in [1.82, 2.24) is 0 Å². The first-order valence-corrected chi connectivity index (χ1v) is 7.86. The maximum absolute atomic E-state index is 12.3. The van der Waals surface area contributed by atoms with Gasteiger partial charge in [0.2, 0.25) is 0 Å². The van der Waals surface area contributed by atoms with E-state index in [9.17, 15) is 13.5 Å². The Morgan fingerprint density at radius 1 is 1.20 bits per heavy atom. The van der Waals surface area contributed by atoms with E-state index in [2.05, 4.69) is 20.7 Å². The Kier molecular flexibility index (Phi) is 4.20. The van der Waals surface area contributed by atoms with E-state index in [-0.39, 0.29) is 22.1 Å². The van der Waals surface area contributed by atoms with E-state index < -0.39 is 10.0 Å². The number of anilines is 1. The quantitative estimate of drug-likeness (QED) is 0.824. The monoisotopic (exact) mass is 357 g/mol. The Bertz CT molecular complexity index is 731. The summed E-state index contributed by atoms with van der Waals surface area (Å²) in [5.41, 5.74) is 0.00924. The molecule has 20 heavy (non-hydrogen) atoms. The van der Waals surface area contributed by atoms with Crippen LogP contribution in [0.2, 0.25) is 0 Å². The van der Waals surface area contributed by atoms with E-state index in [1.54, 1.807) is 24.3 Å². The second kappa shape index (κ2) is 5.72. The van der Waals surface area contributed by atoms with Crippen molar-refractivity contribution in [3.05, 3.63) is 46.9 Å². The second-order valence-corrected chi connectivity index (χ2v) is 6.52. The van der Waals surface area contributed by atoms with Crippen LogP contribution in [-0.4, -0.2) is 20.6 Å².